The number of hydrogen-bond acceptors (Lipinski definition) is 3. The highest BCUT2D eigenvalue weighted by Gasteiger charge is 2.15. The molecule has 0 spiro atoms. The molecule has 1 N–H and O–H groups in total. The normalized spacial score (nSPS) is 12.4. The third-order valence-electron chi connectivity index (χ3n) is 3.61. The lowest BCUT2D eigenvalue weighted by Gasteiger charge is -2.17. The Morgan fingerprint density at radius 3 is 2.75 bits per heavy atom. The summed E-state index contributed by atoms with van der Waals surface area (Å²) in [7, 11) is 5.69. The van der Waals surface area contributed by atoms with E-state index in [1.165, 1.54) is 11.3 Å². The van der Waals surface area contributed by atoms with Gasteiger partial charge in [0.15, 0.2) is 0 Å². The predicted octanol–water partition coefficient (Wildman–Crippen LogP) is 2.49. The Bertz CT molecular complexity index is 563. The zero-order valence-corrected chi connectivity index (χ0v) is 12.7. The first-order valence-corrected chi connectivity index (χ1v) is 7.01. The van der Waals surface area contributed by atoms with Crippen LogP contribution in [0, 0.1) is 0 Å². The number of ether oxygens (including phenoxy) is 1. The maximum absolute atomic E-state index is 5.28. The van der Waals surface area contributed by atoms with E-state index in [-0.39, 0.29) is 6.04 Å². The summed E-state index contributed by atoms with van der Waals surface area (Å²) in [6.45, 7) is 2.13. The lowest BCUT2D eigenvalue weighted by molar-refractivity contribution is 0.414. The van der Waals surface area contributed by atoms with E-state index in [1.54, 1.807) is 7.11 Å². The van der Waals surface area contributed by atoms with Gasteiger partial charge < -0.3 is 10.1 Å². The second kappa shape index (κ2) is 6.57. The monoisotopic (exact) mass is 273 g/mol. The van der Waals surface area contributed by atoms with Crippen molar-refractivity contribution in [3.8, 4) is 5.75 Å². The number of methoxy groups -OCH3 is 1. The molecular formula is C16H23N3O. The number of aryl methyl sites for hydroxylation is 2. The van der Waals surface area contributed by atoms with Crippen molar-refractivity contribution >= 4 is 0 Å². The van der Waals surface area contributed by atoms with Crippen molar-refractivity contribution in [1.82, 2.24) is 15.1 Å². The Labute approximate surface area is 120 Å². The van der Waals surface area contributed by atoms with Crippen LogP contribution < -0.4 is 10.1 Å². The fourth-order valence-corrected chi connectivity index (χ4v) is 2.43. The van der Waals surface area contributed by atoms with Crippen LogP contribution in [0.5, 0.6) is 5.75 Å². The minimum absolute atomic E-state index is 0.250. The average Bonchev–Trinajstić information content (AvgIpc) is 2.86. The Morgan fingerprint density at radius 2 is 2.15 bits per heavy atom. The minimum Gasteiger partial charge on any atom is -0.497 e. The van der Waals surface area contributed by atoms with Crippen molar-refractivity contribution in [2.45, 2.75) is 25.8 Å². The van der Waals surface area contributed by atoms with Crippen molar-refractivity contribution in [3.63, 3.8) is 0 Å². The summed E-state index contributed by atoms with van der Waals surface area (Å²) in [5.74, 6) is 0.900. The molecule has 0 bridgehead atoms. The van der Waals surface area contributed by atoms with E-state index in [4.69, 9.17) is 4.74 Å². The second-order valence-corrected chi connectivity index (χ2v) is 4.93. The van der Waals surface area contributed by atoms with E-state index in [0.29, 0.717) is 0 Å². The van der Waals surface area contributed by atoms with Crippen LogP contribution >= 0.6 is 0 Å². The molecule has 1 heterocycles. The van der Waals surface area contributed by atoms with Gasteiger partial charge in [0.25, 0.3) is 0 Å². The van der Waals surface area contributed by atoms with Crippen molar-refractivity contribution in [1.29, 1.82) is 0 Å². The van der Waals surface area contributed by atoms with Crippen LogP contribution in [0.2, 0.25) is 0 Å². The van der Waals surface area contributed by atoms with E-state index in [0.717, 1.165) is 24.3 Å². The van der Waals surface area contributed by atoms with Gasteiger partial charge in [0.05, 0.1) is 24.5 Å². The molecule has 2 rings (SSSR count). The van der Waals surface area contributed by atoms with Crippen molar-refractivity contribution in [2.75, 3.05) is 14.2 Å². The molecule has 0 saturated carbocycles. The summed E-state index contributed by atoms with van der Waals surface area (Å²) in [6.07, 6.45) is 1.87. The maximum atomic E-state index is 5.28. The van der Waals surface area contributed by atoms with E-state index in [1.807, 2.05) is 30.9 Å². The van der Waals surface area contributed by atoms with Crippen LogP contribution in [-0.2, 0) is 19.9 Å². The molecule has 0 fully saturated rings. The van der Waals surface area contributed by atoms with Crippen LogP contribution in [0.4, 0.5) is 0 Å². The van der Waals surface area contributed by atoms with Gasteiger partial charge >= 0.3 is 0 Å². The molecule has 1 aromatic heterocycles. The number of rotatable bonds is 6. The SMILES string of the molecule is CCc1cc(C(Cc2cccc(OC)c2)NC)n(C)n1. The van der Waals surface area contributed by atoms with Gasteiger partial charge in [-0.05, 0) is 43.7 Å². The highest BCUT2D eigenvalue weighted by atomic mass is 16.5. The third-order valence-corrected chi connectivity index (χ3v) is 3.61. The van der Waals surface area contributed by atoms with Crippen molar-refractivity contribution in [2.24, 2.45) is 7.05 Å². The number of benzene rings is 1. The standard InChI is InChI=1S/C16H23N3O/c1-5-13-11-16(19(3)18-13)15(17-2)10-12-7-6-8-14(9-12)20-4/h6-9,11,15,17H,5,10H2,1-4H3. The molecule has 0 aliphatic rings. The predicted molar refractivity (Wildman–Crippen MR) is 81.1 cm³/mol. The molecule has 4 heteroatoms. The summed E-state index contributed by atoms with van der Waals surface area (Å²) in [5, 5.41) is 7.91. The van der Waals surface area contributed by atoms with Gasteiger partial charge in [-0.15, -0.1) is 0 Å². The van der Waals surface area contributed by atoms with Crippen LogP contribution in [0.15, 0.2) is 30.3 Å². The Morgan fingerprint density at radius 1 is 1.35 bits per heavy atom. The topological polar surface area (TPSA) is 39.1 Å². The quantitative estimate of drug-likeness (QED) is 0.879. The Balaban J connectivity index is 2.21. The molecule has 0 aliphatic carbocycles. The van der Waals surface area contributed by atoms with Gasteiger partial charge in [0.2, 0.25) is 0 Å². The lowest BCUT2D eigenvalue weighted by Crippen LogP contribution is -2.21. The number of likely N-dealkylation sites (N-methyl/N-ethyl adjacent to an activating group) is 1. The molecule has 0 aliphatic heterocycles. The van der Waals surface area contributed by atoms with Crippen molar-refractivity contribution < 1.29 is 4.74 Å². The summed E-state index contributed by atoms with van der Waals surface area (Å²) in [6, 6.07) is 10.6. The largest absolute Gasteiger partial charge is 0.497 e. The highest BCUT2D eigenvalue weighted by molar-refractivity contribution is 5.30. The molecule has 0 amide bonds. The van der Waals surface area contributed by atoms with E-state index < -0.39 is 0 Å². The first kappa shape index (κ1) is 14.6. The van der Waals surface area contributed by atoms with Gasteiger partial charge in [-0.2, -0.15) is 5.10 Å². The zero-order valence-electron chi connectivity index (χ0n) is 12.7. The summed E-state index contributed by atoms with van der Waals surface area (Å²) < 4.78 is 7.26. The molecule has 108 valence electrons. The Kier molecular flexibility index (Phi) is 4.79. The summed E-state index contributed by atoms with van der Waals surface area (Å²) >= 11 is 0. The third kappa shape index (κ3) is 3.20. The maximum Gasteiger partial charge on any atom is 0.119 e. The van der Waals surface area contributed by atoms with Crippen LogP contribution in [0.25, 0.3) is 0 Å². The molecule has 0 radical (unpaired) electrons. The Hall–Kier alpha value is -1.81. The number of aromatic nitrogens is 2. The molecule has 4 nitrogen and oxygen atoms in total. The smallest absolute Gasteiger partial charge is 0.119 e. The first-order chi connectivity index (χ1) is 9.67. The number of nitrogens with one attached hydrogen (secondary N) is 1. The molecule has 20 heavy (non-hydrogen) atoms. The van der Waals surface area contributed by atoms with E-state index in [9.17, 15) is 0 Å². The van der Waals surface area contributed by atoms with E-state index >= 15 is 0 Å². The lowest BCUT2D eigenvalue weighted by atomic mass is 10.0. The number of hydrogen-bond donors (Lipinski definition) is 1. The molecule has 1 aromatic carbocycles. The fraction of sp³-hybridized carbons (Fsp3) is 0.438. The number of nitrogens with zero attached hydrogens (tertiary/aromatic N) is 2. The second-order valence-electron chi connectivity index (χ2n) is 4.93. The zero-order chi connectivity index (χ0) is 14.5. The molecule has 1 atom stereocenters. The van der Waals surface area contributed by atoms with Gasteiger partial charge in [0.1, 0.15) is 5.75 Å². The first-order valence-electron chi connectivity index (χ1n) is 7.01. The van der Waals surface area contributed by atoms with Gasteiger partial charge in [0, 0.05) is 7.05 Å². The molecule has 2 aromatic rings. The van der Waals surface area contributed by atoms with Crippen LogP contribution in [0.1, 0.15) is 29.9 Å². The van der Waals surface area contributed by atoms with Gasteiger partial charge in [-0.25, -0.2) is 0 Å². The van der Waals surface area contributed by atoms with Gasteiger partial charge in [-0.3, -0.25) is 4.68 Å². The van der Waals surface area contributed by atoms with Crippen LogP contribution in [0.3, 0.4) is 0 Å². The minimum atomic E-state index is 0.250. The molecule has 1 unspecified atom stereocenters. The average molecular weight is 273 g/mol. The summed E-state index contributed by atoms with van der Waals surface area (Å²) in [5.41, 5.74) is 3.60. The van der Waals surface area contributed by atoms with Crippen molar-refractivity contribution in [3.05, 3.63) is 47.3 Å². The fourth-order valence-electron chi connectivity index (χ4n) is 2.43. The van der Waals surface area contributed by atoms with Gasteiger partial charge in [-0.1, -0.05) is 19.1 Å². The molecule has 0 saturated heterocycles. The van der Waals surface area contributed by atoms with Crippen LogP contribution in [-0.4, -0.2) is 23.9 Å². The van der Waals surface area contributed by atoms with E-state index in [2.05, 4.69) is 35.5 Å². The molecular weight excluding hydrogens is 250 g/mol. The highest BCUT2D eigenvalue weighted by Crippen LogP contribution is 2.21. The summed E-state index contributed by atoms with van der Waals surface area (Å²) in [4.78, 5) is 0.